The van der Waals surface area contributed by atoms with Crippen LogP contribution in [0.15, 0.2) is 18.6 Å². The number of hydrogen-bond acceptors (Lipinski definition) is 5. The van der Waals surface area contributed by atoms with Gasteiger partial charge in [0, 0.05) is 25.9 Å². The number of carbonyl (C=O) groups is 1. The van der Waals surface area contributed by atoms with E-state index in [0.717, 1.165) is 38.4 Å². The molecule has 0 spiro atoms. The van der Waals surface area contributed by atoms with Gasteiger partial charge in [-0.25, -0.2) is 9.48 Å². The second-order valence-corrected chi connectivity index (χ2v) is 6.74. The van der Waals surface area contributed by atoms with E-state index in [1.165, 1.54) is 0 Å². The predicted octanol–water partition coefficient (Wildman–Crippen LogP) is 1.96. The molecule has 2 aliphatic rings. The summed E-state index contributed by atoms with van der Waals surface area (Å²) in [6, 6.07) is -0.312. The van der Waals surface area contributed by atoms with E-state index >= 15 is 0 Å². The van der Waals surface area contributed by atoms with Crippen LogP contribution in [0.3, 0.4) is 0 Å². The Labute approximate surface area is 145 Å². The maximum absolute atomic E-state index is 12.2. The van der Waals surface area contributed by atoms with Crippen molar-refractivity contribution in [3.05, 3.63) is 18.6 Å². The molecule has 0 saturated carbocycles. The Morgan fingerprint density at radius 2 is 2.32 bits per heavy atom. The topological polar surface area (TPSA) is 98.0 Å². The molecule has 4 heterocycles. The molecule has 2 unspecified atom stereocenters. The van der Waals surface area contributed by atoms with Crippen molar-refractivity contribution < 1.29 is 9.53 Å². The predicted molar refractivity (Wildman–Crippen MR) is 93.7 cm³/mol. The van der Waals surface area contributed by atoms with Crippen LogP contribution in [-0.4, -0.2) is 44.8 Å². The van der Waals surface area contributed by atoms with Crippen LogP contribution in [0, 0.1) is 5.92 Å². The van der Waals surface area contributed by atoms with Crippen LogP contribution in [0.2, 0.25) is 0 Å². The Kier molecular flexibility index (Phi) is 4.31. The highest BCUT2D eigenvalue weighted by Gasteiger charge is 2.20. The first-order chi connectivity index (χ1) is 12.2. The molecule has 9 heteroatoms. The van der Waals surface area contributed by atoms with E-state index in [1.807, 2.05) is 10.9 Å². The third kappa shape index (κ3) is 3.60. The van der Waals surface area contributed by atoms with Gasteiger partial charge in [0.25, 0.3) is 0 Å². The number of amides is 2. The van der Waals surface area contributed by atoms with Gasteiger partial charge >= 0.3 is 6.03 Å². The number of rotatable bonds is 4. The monoisotopic (exact) mass is 345 g/mol. The molecule has 2 aliphatic heterocycles. The van der Waals surface area contributed by atoms with Crippen LogP contribution in [0.25, 0.3) is 0 Å². The van der Waals surface area contributed by atoms with Crippen LogP contribution >= 0.6 is 0 Å². The van der Waals surface area contributed by atoms with Crippen molar-refractivity contribution in [1.82, 2.24) is 19.6 Å². The number of hydrogen-bond donors (Lipinski definition) is 3. The summed E-state index contributed by atoms with van der Waals surface area (Å²) in [7, 11) is 0. The van der Waals surface area contributed by atoms with Gasteiger partial charge in [-0.1, -0.05) is 6.92 Å². The van der Waals surface area contributed by atoms with Crippen LogP contribution in [0.1, 0.15) is 19.8 Å². The maximum atomic E-state index is 12.2. The van der Waals surface area contributed by atoms with Gasteiger partial charge in [-0.05, 0) is 18.8 Å². The average Bonchev–Trinajstić information content (AvgIpc) is 3.31. The minimum absolute atomic E-state index is 0.217. The summed E-state index contributed by atoms with van der Waals surface area (Å²) in [5.74, 6) is 1.37. The van der Waals surface area contributed by atoms with Gasteiger partial charge in [-0.15, -0.1) is 0 Å². The van der Waals surface area contributed by atoms with Crippen molar-refractivity contribution in [1.29, 1.82) is 0 Å². The molecule has 134 valence electrons. The average molecular weight is 345 g/mol. The molecular weight excluding hydrogens is 322 g/mol. The summed E-state index contributed by atoms with van der Waals surface area (Å²) in [5, 5.41) is 17.5. The van der Waals surface area contributed by atoms with Crippen LogP contribution in [0.5, 0.6) is 0 Å². The lowest BCUT2D eigenvalue weighted by Crippen LogP contribution is -2.27. The molecule has 25 heavy (non-hydrogen) atoms. The molecule has 0 radical (unpaired) electrons. The van der Waals surface area contributed by atoms with E-state index in [-0.39, 0.29) is 12.1 Å². The van der Waals surface area contributed by atoms with Gasteiger partial charge in [-0.3, -0.25) is 4.68 Å². The number of carbonyl (C=O) groups excluding carboxylic acids is 1. The zero-order valence-corrected chi connectivity index (χ0v) is 14.2. The molecule has 2 aromatic rings. The van der Waals surface area contributed by atoms with Crippen molar-refractivity contribution in [2.75, 3.05) is 29.1 Å². The number of fused-ring (bicyclic) bond motifs is 1. The van der Waals surface area contributed by atoms with Gasteiger partial charge in [0.05, 0.1) is 30.7 Å². The van der Waals surface area contributed by atoms with Gasteiger partial charge in [0.15, 0.2) is 0 Å². The number of nitrogens with one attached hydrogen (secondary N) is 3. The zero-order valence-electron chi connectivity index (χ0n) is 14.2. The van der Waals surface area contributed by atoms with E-state index in [1.54, 1.807) is 17.1 Å². The molecule has 3 N–H and O–H groups in total. The molecule has 0 bridgehead atoms. The van der Waals surface area contributed by atoms with E-state index in [9.17, 15) is 4.79 Å². The van der Waals surface area contributed by atoms with Crippen molar-refractivity contribution in [3.8, 4) is 0 Å². The fraction of sp³-hybridized carbons (Fsp3) is 0.562. The summed E-state index contributed by atoms with van der Waals surface area (Å²) in [5.41, 5.74) is 1.33. The van der Waals surface area contributed by atoms with E-state index in [2.05, 4.69) is 33.1 Å². The van der Waals surface area contributed by atoms with Crippen molar-refractivity contribution in [2.24, 2.45) is 5.92 Å². The second-order valence-electron chi connectivity index (χ2n) is 6.74. The Morgan fingerprint density at radius 3 is 3.16 bits per heavy atom. The third-order valence-corrected chi connectivity index (χ3v) is 4.50. The first-order valence-electron chi connectivity index (χ1n) is 8.69. The number of urea groups is 1. The highest BCUT2D eigenvalue weighted by Crippen LogP contribution is 2.26. The quantitative estimate of drug-likeness (QED) is 0.787. The standard InChI is InChI=1S/C16H23N7O2/c1-11-5-17-15-14(7-19-23(15)8-11)21-16(24)20-12-6-18-22(9-12)10-13-3-2-4-25-13/h6-7,9,11,13,17H,2-5,8,10H2,1H3,(H2,20,21,24). The minimum Gasteiger partial charge on any atom is -0.376 e. The van der Waals surface area contributed by atoms with Gasteiger partial charge in [0.1, 0.15) is 11.5 Å². The summed E-state index contributed by atoms with van der Waals surface area (Å²) < 4.78 is 9.28. The fourth-order valence-electron chi connectivity index (χ4n) is 3.24. The number of aromatic nitrogens is 4. The molecule has 2 amide bonds. The number of anilines is 3. The summed E-state index contributed by atoms with van der Waals surface area (Å²) in [6.45, 7) is 5.41. The lowest BCUT2D eigenvalue weighted by atomic mass is 10.1. The second kappa shape index (κ2) is 6.75. The molecule has 2 aromatic heterocycles. The third-order valence-electron chi connectivity index (χ3n) is 4.50. The Bertz CT molecular complexity index is 748. The van der Waals surface area contributed by atoms with E-state index < -0.39 is 0 Å². The molecule has 9 nitrogen and oxygen atoms in total. The van der Waals surface area contributed by atoms with Crippen molar-refractivity contribution >= 4 is 23.2 Å². The van der Waals surface area contributed by atoms with E-state index in [4.69, 9.17) is 4.74 Å². The van der Waals surface area contributed by atoms with Crippen LogP contribution in [0.4, 0.5) is 22.0 Å². The molecule has 0 aliphatic carbocycles. The maximum Gasteiger partial charge on any atom is 0.323 e. The Hall–Kier alpha value is -2.55. The molecular formula is C16H23N7O2. The van der Waals surface area contributed by atoms with Crippen LogP contribution < -0.4 is 16.0 Å². The number of ether oxygens (including phenoxy) is 1. The summed E-state index contributed by atoms with van der Waals surface area (Å²) in [6.07, 6.45) is 7.50. The minimum atomic E-state index is -0.312. The summed E-state index contributed by atoms with van der Waals surface area (Å²) in [4.78, 5) is 12.2. The fourth-order valence-corrected chi connectivity index (χ4v) is 3.24. The van der Waals surface area contributed by atoms with Gasteiger partial charge in [0.2, 0.25) is 0 Å². The number of nitrogens with zero attached hydrogens (tertiary/aromatic N) is 4. The van der Waals surface area contributed by atoms with Gasteiger partial charge < -0.3 is 20.7 Å². The Morgan fingerprint density at radius 1 is 1.40 bits per heavy atom. The lowest BCUT2D eigenvalue weighted by molar-refractivity contribution is 0.0940. The lowest BCUT2D eigenvalue weighted by Gasteiger charge is -2.22. The molecule has 2 atom stereocenters. The molecule has 1 saturated heterocycles. The summed E-state index contributed by atoms with van der Waals surface area (Å²) >= 11 is 0. The molecule has 1 fully saturated rings. The largest absolute Gasteiger partial charge is 0.376 e. The molecule has 4 rings (SSSR count). The van der Waals surface area contributed by atoms with Crippen molar-refractivity contribution in [3.63, 3.8) is 0 Å². The Balaban J connectivity index is 1.34. The first kappa shape index (κ1) is 15.9. The van der Waals surface area contributed by atoms with E-state index in [0.29, 0.717) is 23.8 Å². The highest BCUT2D eigenvalue weighted by atomic mass is 16.5. The zero-order chi connectivity index (χ0) is 17.2. The van der Waals surface area contributed by atoms with Crippen molar-refractivity contribution in [2.45, 2.75) is 39.0 Å². The molecule has 0 aromatic carbocycles. The normalized spacial score (nSPS) is 22.3. The first-order valence-corrected chi connectivity index (χ1v) is 8.69. The smallest absolute Gasteiger partial charge is 0.323 e. The highest BCUT2D eigenvalue weighted by molar-refractivity contribution is 6.01. The SMILES string of the molecule is CC1CNc2c(NC(=O)Nc3cnn(CC4CCCO4)c3)cnn2C1. The van der Waals surface area contributed by atoms with Crippen LogP contribution in [-0.2, 0) is 17.8 Å². The van der Waals surface area contributed by atoms with Gasteiger partial charge in [-0.2, -0.15) is 10.2 Å².